The number of aliphatic hydroxyl groups is 2. The molecule has 2 rings (SSSR count). The fourth-order valence-corrected chi connectivity index (χ4v) is 5.41. The molecule has 0 bridgehead atoms. The van der Waals surface area contributed by atoms with Crippen LogP contribution >= 0.6 is 0 Å². The smallest absolute Gasteiger partial charge is 0.342 e. The first-order chi connectivity index (χ1) is 14.1. The third-order valence-corrected chi connectivity index (χ3v) is 6.69. The Morgan fingerprint density at radius 1 is 1.17 bits per heavy atom. The number of methoxy groups -OCH3 is 1. The second kappa shape index (κ2) is 9.31. The molecule has 0 aromatic carbocycles. The average molecular weight is 419 g/mol. The van der Waals surface area contributed by atoms with Gasteiger partial charge in [-0.15, -0.1) is 0 Å². The Hall–Kier alpha value is -2.18. The summed E-state index contributed by atoms with van der Waals surface area (Å²) in [7, 11) is 1.22. The van der Waals surface area contributed by atoms with Gasteiger partial charge in [-0.2, -0.15) is 0 Å². The van der Waals surface area contributed by atoms with Crippen molar-refractivity contribution in [1.29, 1.82) is 0 Å². The van der Waals surface area contributed by atoms with Gasteiger partial charge in [-0.25, -0.2) is 9.59 Å². The Balaban J connectivity index is 2.48. The van der Waals surface area contributed by atoms with Gasteiger partial charge in [0.2, 0.25) is 0 Å². The van der Waals surface area contributed by atoms with E-state index in [0.29, 0.717) is 6.42 Å². The summed E-state index contributed by atoms with van der Waals surface area (Å²) in [5.74, 6) is -1.66. The largest absolute Gasteiger partial charge is 0.467 e. The summed E-state index contributed by atoms with van der Waals surface area (Å²) in [5.41, 5.74) is -3.14. The number of fused-ring (bicyclic) bond motifs is 1. The van der Waals surface area contributed by atoms with E-state index in [1.807, 2.05) is 26.0 Å². The topological polar surface area (TPSA) is 93.1 Å². The second-order valence-corrected chi connectivity index (χ2v) is 8.96. The number of carbonyl (C=O) groups excluding carboxylic acids is 2. The molecule has 0 heterocycles. The second-order valence-electron chi connectivity index (χ2n) is 8.96. The molecular formula is C24H34O6. The van der Waals surface area contributed by atoms with Crippen LogP contribution in [0.3, 0.4) is 0 Å². The van der Waals surface area contributed by atoms with Gasteiger partial charge in [0.05, 0.1) is 13.7 Å². The summed E-state index contributed by atoms with van der Waals surface area (Å²) in [6.45, 7) is 7.30. The minimum atomic E-state index is -1.98. The quantitative estimate of drug-likeness (QED) is 0.298. The van der Waals surface area contributed by atoms with E-state index in [1.54, 1.807) is 18.2 Å². The standard InChI is InChI=1S/C24H34O6/c1-6-7-8-9-10-12-19(26)30-18-15-17(16-25)24(28,21(27)29-5)23(4)14-11-13-22(2,3)20(18)23/h6-10,12,15,18,20,25,28H,11,13-14,16H2,1-5H3/b7-6+,9-8+,12-10+/t18-,20?,23+,24?/m1/s1. The Labute approximate surface area is 179 Å². The van der Waals surface area contributed by atoms with Crippen LogP contribution in [0.2, 0.25) is 0 Å². The van der Waals surface area contributed by atoms with Gasteiger partial charge < -0.3 is 19.7 Å². The molecule has 0 aromatic rings. The van der Waals surface area contributed by atoms with Crippen LogP contribution in [0, 0.1) is 16.7 Å². The highest BCUT2D eigenvalue weighted by Crippen LogP contribution is 2.61. The van der Waals surface area contributed by atoms with Gasteiger partial charge in [-0.05, 0) is 36.8 Å². The summed E-state index contributed by atoms with van der Waals surface area (Å²) < 4.78 is 10.7. The van der Waals surface area contributed by atoms with Crippen molar-refractivity contribution in [1.82, 2.24) is 0 Å². The van der Waals surface area contributed by atoms with Crippen molar-refractivity contribution in [3.05, 3.63) is 48.1 Å². The maximum absolute atomic E-state index is 12.7. The van der Waals surface area contributed by atoms with E-state index in [1.165, 1.54) is 19.3 Å². The number of aliphatic hydroxyl groups excluding tert-OH is 1. The molecule has 2 N–H and O–H groups in total. The van der Waals surface area contributed by atoms with Crippen LogP contribution in [0.1, 0.15) is 47.0 Å². The van der Waals surface area contributed by atoms with Gasteiger partial charge in [-0.3, -0.25) is 0 Å². The molecule has 2 aliphatic carbocycles. The van der Waals surface area contributed by atoms with Crippen molar-refractivity contribution in [3.63, 3.8) is 0 Å². The highest BCUT2D eigenvalue weighted by atomic mass is 16.5. The van der Waals surface area contributed by atoms with E-state index >= 15 is 0 Å². The first kappa shape index (κ1) is 24.1. The minimum Gasteiger partial charge on any atom is -0.467 e. The molecule has 2 unspecified atom stereocenters. The predicted octanol–water partition coefficient (Wildman–Crippen LogP) is 3.26. The third kappa shape index (κ3) is 4.16. The van der Waals surface area contributed by atoms with E-state index in [4.69, 9.17) is 9.47 Å². The maximum atomic E-state index is 12.7. The van der Waals surface area contributed by atoms with Crippen LogP contribution in [0.5, 0.6) is 0 Å². The molecule has 166 valence electrons. The lowest BCUT2D eigenvalue weighted by atomic mass is 9.46. The number of ether oxygens (including phenoxy) is 2. The van der Waals surface area contributed by atoms with Gasteiger partial charge in [0.1, 0.15) is 6.10 Å². The van der Waals surface area contributed by atoms with Gasteiger partial charge in [0.15, 0.2) is 5.60 Å². The van der Waals surface area contributed by atoms with Crippen molar-refractivity contribution in [3.8, 4) is 0 Å². The summed E-state index contributed by atoms with van der Waals surface area (Å²) >= 11 is 0. The zero-order valence-corrected chi connectivity index (χ0v) is 18.6. The lowest BCUT2D eigenvalue weighted by Gasteiger charge is -2.60. The molecule has 0 saturated heterocycles. The zero-order chi connectivity index (χ0) is 22.6. The Morgan fingerprint density at radius 3 is 2.43 bits per heavy atom. The van der Waals surface area contributed by atoms with Crippen molar-refractivity contribution in [2.24, 2.45) is 16.7 Å². The highest BCUT2D eigenvalue weighted by Gasteiger charge is 2.67. The molecule has 6 nitrogen and oxygen atoms in total. The Morgan fingerprint density at radius 2 is 1.83 bits per heavy atom. The summed E-state index contributed by atoms with van der Waals surface area (Å²) in [4.78, 5) is 25.2. The van der Waals surface area contributed by atoms with E-state index < -0.39 is 35.7 Å². The van der Waals surface area contributed by atoms with Crippen molar-refractivity contribution < 1.29 is 29.3 Å². The molecule has 30 heavy (non-hydrogen) atoms. The predicted molar refractivity (Wildman–Crippen MR) is 114 cm³/mol. The Bertz CT molecular complexity index is 775. The molecule has 1 saturated carbocycles. The van der Waals surface area contributed by atoms with Crippen LogP contribution in [-0.4, -0.2) is 47.6 Å². The molecular weight excluding hydrogens is 384 g/mol. The van der Waals surface area contributed by atoms with E-state index in [0.717, 1.165) is 12.8 Å². The fourth-order valence-electron chi connectivity index (χ4n) is 5.41. The minimum absolute atomic E-state index is 0.112. The van der Waals surface area contributed by atoms with Crippen molar-refractivity contribution in [2.45, 2.75) is 58.7 Å². The van der Waals surface area contributed by atoms with Crippen molar-refractivity contribution >= 4 is 11.9 Å². The first-order valence-electron chi connectivity index (χ1n) is 10.4. The molecule has 0 radical (unpaired) electrons. The molecule has 0 aliphatic heterocycles. The SMILES string of the molecule is C/C=C/C=C/C=C/C(=O)O[C@@H]1C=C(CO)C(O)(C(=O)OC)[C@@]2(C)CCCC(C)(C)C12. The molecule has 0 aromatic heterocycles. The van der Waals surface area contributed by atoms with Gasteiger partial charge in [0.25, 0.3) is 0 Å². The zero-order valence-electron chi connectivity index (χ0n) is 18.6. The third-order valence-electron chi connectivity index (χ3n) is 6.69. The summed E-state index contributed by atoms with van der Waals surface area (Å²) in [5, 5.41) is 21.6. The summed E-state index contributed by atoms with van der Waals surface area (Å²) in [6, 6.07) is 0. The van der Waals surface area contributed by atoms with Crippen molar-refractivity contribution in [2.75, 3.05) is 13.7 Å². The molecule has 1 fully saturated rings. The molecule has 6 heteroatoms. The summed E-state index contributed by atoms with van der Waals surface area (Å²) in [6.07, 6.45) is 13.2. The van der Waals surface area contributed by atoms with Crippen LogP contribution < -0.4 is 0 Å². The number of rotatable bonds is 6. The first-order valence-corrected chi connectivity index (χ1v) is 10.4. The lowest BCUT2D eigenvalue weighted by Crippen LogP contribution is -2.67. The average Bonchev–Trinajstić information content (AvgIpc) is 2.68. The number of carbonyl (C=O) groups is 2. The van der Waals surface area contributed by atoms with E-state index in [2.05, 4.69) is 13.8 Å². The Kier molecular flexibility index (Phi) is 7.48. The number of allylic oxidation sites excluding steroid dienone is 5. The number of hydrogen-bond donors (Lipinski definition) is 2. The number of esters is 2. The van der Waals surface area contributed by atoms with E-state index in [9.17, 15) is 19.8 Å². The van der Waals surface area contributed by atoms with Crippen LogP contribution in [-0.2, 0) is 19.1 Å². The van der Waals surface area contributed by atoms with Gasteiger partial charge >= 0.3 is 11.9 Å². The van der Waals surface area contributed by atoms with Crippen LogP contribution in [0.15, 0.2) is 48.1 Å². The maximum Gasteiger partial charge on any atom is 0.342 e. The molecule has 2 aliphatic rings. The number of hydrogen-bond acceptors (Lipinski definition) is 6. The monoisotopic (exact) mass is 418 g/mol. The normalized spacial score (nSPS) is 33.5. The molecule has 4 atom stereocenters. The van der Waals surface area contributed by atoms with E-state index in [-0.39, 0.29) is 16.9 Å². The molecule has 0 amide bonds. The van der Waals surface area contributed by atoms with Crippen LogP contribution in [0.4, 0.5) is 0 Å². The van der Waals surface area contributed by atoms with Gasteiger partial charge in [-0.1, -0.05) is 57.6 Å². The lowest BCUT2D eigenvalue weighted by molar-refractivity contribution is -0.206. The van der Waals surface area contributed by atoms with Gasteiger partial charge in [0, 0.05) is 17.4 Å². The highest BCUT2D eigenvalue weighted by molar-refractivity contribution is 5.86. The van der Waals surface area contributed by atoms with Crippen LogP contribution in [0.25, 0.3) is 0 Å². The fraction of sp³-hybridized carbons (Fsp3) is 0.583. The molecule has 0 spiro atoms.